The van der Waals surface area contributed by atoms with E-state index in [2.05, 4.69) is 52.3 Å². The number of hydrogen-bond donors (Lipinski definition) is 0. The van der Waals surface area contributed by atoms with E-state index in [0.717, 1.165) is 11.0 Å². The van der Waals surface area contributed by atoms with E-state index in [9.17, 15) is 0 Å². The number of halogens is 3. The molecule has 0 amide bonds. The fraction of sp³-hybridized carbons (Fsp3) is 0.455. The van der Waals surface area contributed by atoms with Crippen molar-refractivity contribution in [3.8, 4) is 0 Å². The molecule has 0 fully saturated rings. The van der Waals surface area contributed by atoms with Crippen LogP contribution in [0.2, 0.25) is 0 Å². The van der Waals surface area contributed by atoms with E-state index in [0.29, 0.717) is 0 Å². The van der Waals surface area contributed by atoms with Crippen LogP contribution in [-0.4, -0.2) is 25.6 Å². The van der Waals surface area contributed by atoms with Gasteiger partial charge in [-0.05, 0) is 6.92 Å². The SMILES string of the molecule is Cc1ccc(C[N+](C)(C)C)cc1.[Cl][Pd]([Cl])[Cl]. The molecule has 1 aromatic rings. The summed E-state index contributed by atoms with van der Waals surface area (Å²) in [6.45, 7) is 3.22. The van der Waals surface area contributed by atoms with Gasteiger partial charge in [0.2, 0.25) is 0 Å². The molecule has 0 saturated heterocycles. The van der Waals surface area contributed by atoms with E-state index < -0.39 is 13.7 Å². The molecule has 1 rings (SSSR count). The summed E-state index contributed by atoms with van der Waals surface area (Å²) in [4.78, 5) is 0. The number of nitrogens with zero attached hydrogens (tertiary/aromatic N) is 1. The van der Waals surface area contributed by atoms with Crippen molar-refractivity contribution in [2.75, 3.05) is 21.1 Å². The minimum atomic E-state index is -1.57. The first-order valence-electron chi connectivity index (χ1n) is 4.69. The molecular formula is C11H18Cl3NPd+. The van der Waals surface area contributed by atoms with Gasteiger partial charge in [0.15, 0.2) is 0 Å². The quantitative estimate of drug-likeness (QED) is 0.534. The molecule has 0 aliphatic rings. The molecule has 1 aromatic carbocycles. The molecule has 1 nitrogen and oxygen atoms in total. The van der Waals surface area contributed by atoms with Gasteiger partial charge < -0.3 is 4.48 Å². The average Bonchev–Trinajstić information content (AvgIpc) is 2.05. The van der Waals surface area contributed by atoms with Crippen LogP contribution < -0.4 is 0 Å². The molecule has 0 bridgehead atoms. The summed E-state index contributed by atoms with van der Waals surface area (Å²) in [6.07, 6.45) is 0. The van der Waals surface area contributed by atoms with Crippen LogP contribution in [0, 0.1) is 6.92 Å². The van der Waals surface area contributed by atoms with Crippen molar-refractivity contribution in [3.63, 3.8) is 0 Å². The van der Waals surface area contributed by atoms with Gasteiger partial charge in [0.05, 0.1) is 21.1 Å². The molecule has 0 radical (unpaired) electrons. The fourth-order valence-electron chi connectivity index (χ4n) is 1.24. The molecule has 0 heterocycles. The topological polar surface area (TPSA) is 0 Å². The van der Waals surface area contributed by atoms with E-state index >= 15 is 0 Å². The van der Waals surface area contributed by atoms with Crippen LogP contribution >= 0.6 is 28.6 Å². The van der Waals surface area contributed by atoms with Crippen molar-refractivity contribution in [2.45, 2.75) is 13.5 Å². The summed E-state index contributed by atoms with van der Waals surface area (Å²) < 4.78 is 0.989. The van der Waals surface area contributed by atoms with Crippen LogP contribution in [0.5, 0.6) is 0 Å². The van der Waals surface area contributed by atoms with E-state index in [1.54, 1.807) is 0 Å². The van der Waals surface area contributed by atoms with Gasteiger partial charge in [-0.25, -0.2) is 0 Å². The normalized spacial score (nSPS) is 11.6. The molecule has 0 aromatic heterocycles. The van der Waals surface area contributed by atoms with Crippen LogP contribution in [0.15, 0.2) is 24.3 Å². The summed E-state index contributed by atoms with van der Waals surface area (Å²) in [6, 6.07) is 8.76. The Morgan fingerprint density at radius 1 is 1.00 bits per heavy atom. The van der Waals surface area contributed by atoms with Crippen molar-refractivity contribution in [1.29, 1.82) is 0 Å². The Morgan fingerprint density at radius 3 is 1.69 bits per heavy atom. The molecule has 0 aliphatic carbocycles. The fourth-order valence-corrected chi connectivity index (χ4v) is 1.24. The van der Waals surface area contributed by atoms with Gasteiger partial charge in [0, 0.05) is 5.56 Å². The van der Waals surface area contributed by atoms with Crippen molar-refractivity contribution >= 4 is 28.6 Å². The van der Waals surface area contributed by atoms with E-state index in [1.807, 2.05) is 0 Å². The Balaban J connectivity index is 0.000000487. The summed E-state index contributed by atoms with van der Waals surface area (Å²) in [5.41, 5.74) is 2.74. The molecular weight excluding hydrogens is 359 g/mol. The predicted octanol–water partition coefficient (Wildman–Crippen LogP) is 4.27. The van der Waals surface area contributed by atoms with Crippen LogP contribution in [0.4, 0.5) is 0 Å². The number of quaternary nitrogens is 1. The van der Waals surface area contributed by atoms with Crippen molar-refractivity contribution in [2.24, 2.45) is 0 Å². The molecule has 0 atom stereocenters. The van der Waals surface area contributed by atoms with Crippen molar-refractivity contribution < 1.29 is 18.2 Å². The first-order chi connectivity index (χ1) is 7.20. The third kappa shape index (κ3) is 11.2. The zero-order valence-corrected chi connectivity index (χ0v) is 13.7. The maximum atomic E-state index is 4.92. The summed E-state index contributed by atoms with van der Waals surface area (Å²) >= 11 is -1.57. The molecule has 0 N–H and O–H groups in total. The Labute approximate surface area is 116 Å². The van der Waals surface area contributed by atoms with E-state index in [4.69, 9.17) is 28.6 Å². The monoisotopic (exact) mass is 375 g/mol. The Hall–Kier alpha value is 0.712. The van der Waals surface area contributed by atoms with Crippen molar-refractivity contribution in [1.82, 2.24) is 0 Å². The average molecular weight is 377 g/mol. The summed E-state index contributed by atoms with van der Waals surface area (Å²) in [7, 11) is 21.4. The van der Waals surface area contributed by atoms with E-state index in [-0.39, 0.29) is 0 Å². The zero-order chi connectivity index (χ0) is 12.8. The van der Waals surface area contributed by atoms with Crippen molar-refractivity contribution in [3.05, 3.63) is 35.4 Å². The van der Waals surface area contributed by atoms with Gasteiger partial charge in [0.1, 0.15) is 6.54 Å². The first-order valence-corrected chi connectivity index (χ1v) is 10.7. The molecule has 16 heavy (non-hydrogen) atoms. The van der Waals surface area contributed by atoms with Crippen LogP contribution in [0.25, 0.3) is 0 Å². The van der Waals surface area contributed by atoms with Gasteiger partial charge in [-0.1, -0.05) is 29.8 Å². The molecule has 97 valence electrons. The number of hydrogen-bond acceptors (Lipinski definition) is 0. The Kier molecular flexibility index (Phi) is 8.28. The molecule has 0 aliphatic heterocycles. The van der Waals surface area contributed by atoms with Gasteiger partial charge in [-0.3, -0.25) is 0 Å². The zero-order valence-electron chi connectivity index (χ0n) is 9.91. The first kappa shape index (κ1) is 16.7. The number of aryl methyl sites for hydroxylation is 1. The number of rotatable bonds is 2. The predicted molar refractivity (Wildman–Crippen MR) is 70.5 cm³/mol. The molecule has 5 heteroatoms. The second-order valence-corrected chi connectivity index (χ2v) is 11.7. The summed E-state index contributed by atoms with van der Waals surface area (Å²) in [5.74, 6) is 0. The van der Waals surface area contributed by atoms with Gasteiger partial charge >= 0.3 is 42.3 Å². The molecule has 0 unspecified atom stereocenters. The Morgan fingerprint density at radius 2 is 1.38 bits per heavy atom. The summed E-state index contributed by atoms with van der Waals surface area (Å²) in [5, 5.41) is 0. The molecule has 0 saturated carbocycles. The van der Waals surface area contributed by atoms with Crippen LogP contribution in [-0.2, 0) is 20.2 Å². The van der Waals surface area contributed by atoms with Crippen LogP contribution in [0.1, 0.15) is 11.1 Å². The standard InChI is InChI=1S/C11H18N.3ClH.Pd/c1-10-5-7-11(8-6-10)9-12(2,3)4;;;;/h5-8H,9H2,1-4H3;3*1H;/q+1;;;;+3/p-3. The van der Waals surface area contributed by atoms with Gasteiger partial charge in [-0.2, -0.15) is 0 Å². The second kappa shape index (κ2) is 7.93. The third-order valence-corrected chi connectivity index (χ3v) is 1.78. The number of benzene rings is 1. The van der Waals surface area contributed by atoms with E-state index in [1.165, 1.54) is 11.1 Å². The maximum absolute atomic E-state index is 4.92. The third-order valence-electron chi connectivity index (χ3n) is 1.78. The minimum absolute atomic E-state index is 0.989. The second-order valence-electron chi connectivity index (χ2n) is 4.57. The molecule has 0 spiro atoms. The van der Waals surface area contributed by atoms with Gasteiger partial charge in [-0.15, -0.1) is 0 Å². The van der Waals surface area contributed by atoms with Gasteiger partial charge in [0.25, 0.3) is 0 Å². The van der Waals surface area contributed by atoms with Crippen LogP contribution in [0.3, 0.4) is 0 Å². The Bertz CT molecular complexity index is 290.